The van der Waals surface area contributed by atoms with E-state index in [1.54, 1.807) is 0 Å². The summed E-state index contributed by atoms with van der Waals surface area (Å²) in [5.74, 6) is -1.90. The van der Waals surface area contributed by atoms with E-state index in [1.807, 2.05) is 13.8 Å². The Balaban J connectivity index is 0.000000295. The maximum absolute atomic E-state index is 11.3. The Kier molecular flexibility index (Phi) is 5.71. The number of carbonyl (C=O) groups is 2. The van der Waals surface area contributed by atoms with Crippen LogP contribution in [0.1, 0.15) is 32.0 Å². The first kappa shape index (κ1) is 17.7. The Morgan fingerprint density at radius 1 is 1.50 bits per heavy atom. The van der Waals surface area contributed by atoms with Gasteiger partial charge in [-0.2, -0.15) is 18.2 Å². The highest BCUT2D eigenvalue weighted by Gasteiger charge is 2.38. The number of hydrogen-bond donors (Lipinski definition) is 3. The fourth-order valence-corrected chi connectivity index (χ4v) is 1.41. The van der Waals surface area contributed by atoms with Gasteiger partial charge in [0.25, 0.3) is 0 Å². The van der Waals surface area contributed by atoms with Gasteiger partial charge in [0.1, 0.15) is 6.04 Å². The number of carbonyl (C=O) groups excluding carboxylic acids is 1. The minimum atomic E-state index is -5.08. The molecule has 0 radical (unpaired) electrons. The lowest BCUT2D eigenvalue weighted by Crippen LogP contribution is -2.29. The molecule has 1 amide bonds. The molecule has 1 fully saturated rings. The van der Waals surface area contributed by atoms with Crippen LogP contribution < -0.4 is 10.6 Å². The van der Waals surface area contributed by atoms with E-state index in [-0.39, 0.29) is 17.9 Å². The van der Waals surface area contributed by atoms with E-state index >= 15 is 0 Å². The molecule has 0 aliphatic carbocycles. The van der Waals surface area contributed by atoms with Gasteiger partial charge in [-0.3, -0.25) is 4.79 Å². The first-order valence-electron chi connectivity index (χ1n) is 6.29. The molecule has 1 aromatic heterocycles. The number of aromatic nitrogens is 2. The van der Waals surface area contributed by atoms with Crippen LogP contribution in [0.5, 0.6) is 0 Å². The molecule has 0 aromatic carbocycles. The van der Waals surface area contributed by atoms with Gasteiger partial charge in [0, 0.05) is 12.5 Å². The van der Waals surface area contributed by atoms with Crippen LogP contribution in [0, 0.1) is 0 Å². The predicted octanol–water partition coefficient (Wildman–Crippen LogP) is 1.13. The van der Waals surface area contributed by atoms with Crippen molar-refractivity contribution < 1.29 is 32.4 Å². The van der Waals surface area contributed by atoms with Crippen molar-refractivity contribution in [1.29, 1.82) is 0 Å². The van der Waals surface area contributed by atoms with Crippen molar-refractivity contribution in [1.82, 2.24) is 15.5 Å². The Bertz CT molecular complexity index is 530. The summed E-state index contributed by atoms with van der Waals surface area (Å²) in [5, 5.41) is 16.6. The maximum atomic E-state index is 11.3. The highest BCUT2D eigenvalue weighted by Crippen LogP contribution is 2.15. The minimum Gasteiger partial charge on any atom is -0.475 e. The highest BCUT2D eigenvalue weighted by atomic mass is 19.4. The topological polar surface area (TPSA) is 117 Å². The number of halogens is 3. The van der Waals surface area contributed by atoms with E-state index in [1.165, 1.54) is 0 Å². The molecule has 11 heteroatoms. The summed E-state index contributed by atoms with van der Waals surface area (Å²) in [7, 11) is 0. The van der Waals surface area contributed by atoms with Crippen LogP contribution in [0.2, 0.25) is 0 Å². The third-order valence-electron chi connectivity index (χ3n) is 2.55. The number of carboxylic acids is 1. The van der Waals surface area contributed by atoms with Crippen molar-refractivity contribution in [2.75, 3.05) is 11.9 Å². The summed E-state index contributed by atoms with van der Waals surface area (Å²) in [4.78, 5) is 24.3. The maximum Gasteiger partial charge on any atom is 0.490 e. The van der Waals surface area contributed by atoms with Gasteiger partial charge >= 0.3 is 18.2 Å². The first-order valence-corrected chi connectivity index (χ1v) is 6.29. The molecule has 0 saturated carbocycles. The molecule has 1 saturated heterocycles. The molecule has 0 bridgehead atoms. The molecule has 124 valence electrons. The SMILES string of the molecule is CC(C)c1noc(NC2CCNC2=O)n1.O=C(O)C(F)(F)F. The molecular weight excluding hydrogens is 309 g/mol. The molecule has 0 spiro atoms. The number of amides is 1. The van der Waals surface area contributed by atoms with Gasteiger partial charge in [-0.05, 0) is 6.42 Å². The lowest BCUT2D eigenvalue weighted by atomic mass is 10.2. The minimum absolute atomic E-state index is 0.0145. The Hall–Kier alpha value is -2.33. The molecule has 1 aliphatic rings. The van der Waals surface area contributed by atoms with E-state index in [2.05, 4.69) is 20.8 Å². The number of aliphatic carboxylic acids is 1. The number of nitrogens with one attached hydrogen (secondary N) is 2. The molecule has 2 heterocycles. The standard InChI is InChI=1S/C9H14N4O2.C2HF3O2/c1-5(2)7-12-9(15-13-7)11-6-3-4-10-8(6)14;3-2(4,5)1(6)7/h5-6H,3-4H2,1-2H3,(H,10,14)(H,11,12,13);(H,6,7). The van der Waals surface area contributed by atoms with Crippen molar-refractivity contribution in [2.45, 2.75) is 38.4 Å². The largest absolute Gasteiger partial charge is 0.490 e. The number of carboxylic acid groups (broad SMARTS) is 1. The third kappa shape index (κ3) is 5.22. The van der Waals surface area contributed by atoms with Crippen molar-refractivity contribution in [2.24, 2.45) is 0 Å². The zero-order chi connectivity index (χ0) is 16.9. The van der Waals surface area contributed by atoms with E-state index < -0.39 is 12.1 Å². The highest BCUT2D eigenvalue weighted by molar-refractivity contribution is 5.85. The predicted molar refractivity (Wildman–Crippen MR) is 67.1 cm³/mol. The summed E-state index contributed by atoms with van der Waals surface area (Å²) >= 11 is 0. The molecule has 1 atom stereocenters. The quantitative estimate of drug-likeness (QED) is 0.762. The first-order chi connectivity index (χ1) is 10.1. The number of nitrogens with zero attached hydrogens (tertiary/aromatic N) is 2. The van der Waals surface area contributed by atoms with Crippen molar-refractivity contribution >= 4 is 17.9 Å². The van der Waals surface area contributed by atoms with Crippen LogP contribution in [-0.2, 0) is 9.59 Å². The summed E-state index contributed by atoms with van der Waals surface area (Å²) < 4.78 is 36.7. The van der Waals surface area contributed by atoms with Crippen molar-refractivity contribution in [3.8, 4) is 0 Å². The molecular formula is C11H15F3N4O4. The van der Waals surface area contributed by atoms with Gasteiger partial charge in [-0.1, -0.05) is 19.0 Å². The van der Waals surface area contributed by atoms with Gasteiger partial charge < -0.3 is 20.3 Å². The van der Waals surface area contributed by atoms with Gasteiger partial charge in [-0.15, -0.1) is 0 Å². The second-order valence-electron chi connectivity index (χ2n) is 4.69. The number of rotatable bonds is 3. The number of alkyl halides is 3. The molecule has 8 nitrogen and oxygen atoms in total. The van der Waals surface area contributed by atoms with E-state index in [4.69, 9.17) is 14.4 Å². The Morgan fingerprint density at radius 2 is 2.09 bits per heavy atom. The van der Waals surface area contributed by atoms with Gasteiger partial charge in [0.05, 0.1) is 0 Å². The van der Waals surface area contributed by atoms with E-state index in [0.717, 1.165) is 6.42 Å². The summed E-state index contributed by atoms with van der Waals surface area (Å²) in [6.07, 6.45) is -4.34. The lowest BCUT2D eigenvalue weighted by molar-refractivity contribution is -0.192. The second kappa shape index (κ2) is 7.09. The van der Waals surface area contributed by atoms with Gasteiger partial charge in [0.15, 0.2) is 5.82 Å². The zero-order valence-electron chi connectivity index (χ0n) is 11.8. The van der Waals surface area contributed by atoms with Crippen LogP contribution in [0.15, 0.2) is 4.52 Å². The average molecular weight is 324 g/mol. The zero-order valence-corrected chi connectivity index (χ0v) is 11.8. The molecule has 2 rings (SSSR count). The number of anilines is 1. The molecule has 1 aromatic rings. The summed E-state index contributed by atoms with van der Waals surface area (Å²) in [6, 6.07) is 0.0752. The second-order valence-corrected chi connectivity index (χ2v) is 4.69. The van der Waals surface area contributed by atoms with Gasteiger partial charge in [-0.25, -0.2) is 4.79 Å². The van der Waals surface area contributed by atoms with Crippen LogP contribution in [-0.4, -0.2) is 45.9 Å². The van der Waals surface area contributed by atoms with Crippen LogP contribution in [0.25, 0.3) is 0 Å². The average Bonchev–Trinajstić information content (AvgIpc) is 3.00. The smallest absolute Gasteiger partial charge is 0.475 e. The Morgan fingerprint density at radius 3 is 2.45 bits per heavy atom. The summed E-state index contributed by atoms with van der Waals surface area (Å²) in [6.45, 7) is 4.66. The van der Waals surface area contributed by atoms with Crippen LogP contribution in [0.4, 0.5) is 19.2 Å². The fraction of sp³-hybridized carbons (Fsp3) is 0.636. The normalized spacial score (nSPS) is 17.7. The third-order valence-corrected chi connectivity index (χ3v) is 2.55. The lowest BCUT2D eigenvalue weighted by Gasteiger charge is -2.05. The van der Waals surface area contributed by atoms with Gasteiger partial charge in [0.2, 0.25) is 5.91 Å². The molecule has 3 N–H and O–H groups in total. The van der Waals surface area contributed by atoms with Crippen LogP contribution in [0.3, 0.4) is 0 Å². The fourth-order valence-electron chi connectivity index (χ4n) is 1.41. The molecule has 1 unspecified atom stereocenters. The molecule has 22 heavy (non-hydrogen) atoms. The van der Waals surface area contributed by atoms with Crippen molar-refractivity contribution in [3.05, 3.63) is 5.82 Å². The Labute approximate surface area is 123 Å². The molecule has 1 aliphatic heterocycles. The van der Waals surface area contributed by atoms with E-state index in [9.17, 15) is 18.0 Å². The van der Waals surface area contributed by atoms with E-state index in [0.29, 0.717) is 18.4 Å². The summed E-state index contributed by atoms with van der Waals surface area (Å²) in [5.41, 5.74) is 0. The van der Waals surface area contributed by atoms with Crippen molar-refractivity contribution in [3.63, 3.8) is 0 Å². The number of hydrogen-bond acceptors (Lipinski definition) is 6. The van der Waals surface area contributed by atoms with Crippen LogP contribution >= 0.6 is 0 Å². The monoisotopic (exact) mass is 324 g/mol.